The van der Waals surface area contributed by atoms with Gasteiger partial charge in [-0.15, -0.1) is 6.58 Å². The maximum Gasteiger partial charge on any atom is 0.410 e. The van der Waals surface area contributed by atoms with Gasteiger partial charge in [0.1, 0.15) is 6.61 Å². The Balaban J connectivity index is 1.24. The Labute approximate surface area is 196 Å². The summed E-state index contributed by atoms with van der Waals surface area (Å²) < 4.78 is 11.8. The van der Waals surface area contributed by atoms with Crippen LogP contribution in [0.3, 0.4) is 0 Å². The lowest BCUT2D eigenvalue weighted by Crippen LogP contribution is -2.56. The summed E-state index contributed by atoms with van der Waals surface area (Å²) >= 11 is 0. The van der Waals surface area contributed by atoms with E-state index in [0.717, 1.165) is 19.3 Å². The average Bonchev–Trinajstić information content (AvgIpc) is 3.15. The number of allylic oxidation sites excluding steroid dienone is 1. The van der Waals surface area contributed by atoms with Gasteiger partial charge in [-0.05, 0) is 54.4 Å². The van der Waals surface area contributed by atoms with Crippen molar-refractivity contribution in [1.29, 1.82) is 0 Å². The Morgan fingerprint density at radius 1 is 1.03 bits per heavy atom. The number of benzene rings is 2. The van der Waals surface area contributed by atoms with E-state index in [1.54, 1.807) is 0 Å². The molecule has 0 aromatic heterocycles. The van der Waals surface area contributed by atoms with Crippen LogP contribution in [0.2, 0.25) is 0 Å². The molecule has 2 unspecified atom stereocenters. The number of fused-ring (bicyclic) bond motifs is 5. The number of carbonyl (C=O) groups is 1. The van der Waals surface area contributed by atoms with Crippen LogP contribution in [0, 0.1) is 0 Å². The first-order valence-electron chi connectivity index (χ1n) is 12.3. The van der Waals surface area contributed by atoms with Crippen molar-refractivity contribution in [2.75, 3.05) is 19.8 Å². The molecule has 5 rings (SSSR count). The third-order valence-electron chi connectivity index (χ3n) is 7.23. The normalized spacial score (nSPS) is 21.2. The van der Waals surface area contributed by atoms with Crippen molar-refractivity contribution in [2.45, 2.75) is 56.5 Å². The molecule has 1 saturated heterocycles. The molecule has 0 N–H and O–H groups in total. The van der Waals surface area contributed by atoms with Gasteiger partial charge in [0.2, 0.25) is 0 Å². The summed E-state index contributed by atoms with van der Waals surface area (Å²) in [6.45, 7) is 5.31. The molecule has 4 heteroatoms. The maximum absolute atomic E-state index is 13.2. The SMILES string of the molecule is C=CCCCCCC1=CC2COCC(C1)N2C(=O)OCC1c2ccccc2-c2ccccc21. The Morgan fingerprint density at radius 3 is 2.45 bits per heavy atom. The quantitative estimate of drug-likeness (QED) is 0.347. The zero-order valence-electron chi connectivity index (χ0n) is 19.2. The van der Waals surface area contributed by atoms with Crippen LogP contribution in [0.25, 0.3) is 11.1 Å². The van der Waals surface area contributed by atoms with Crippen LogP contribution in [0.5, 0.6) is 0 Å². The average molecular weight is 444 g/mol. The lowest BCUT2D eigenvalue weighted by Gasteiger charge is -2.44. The largest absolute Gasteiger partial charge is 0.448 e. The summed E-state index contributed by atoms with van der Waals surface area (Å²) in [6, 6.07) is 17.0. The van der Waals surface area contributed by atoms with Gasteiger partial charge in [-0.1, -0.05) is 72.7 Å². The number of unbranched alkanes of at least 4 members (excludes halogenated alkanes) is 3. The summed E-state index contributed by atoms with van der Waals surface area (Å²) in [6.07, 6.45) is 10.8. The van der Waals surface area contributed by atoms with E-state index < -0.39 is 0 Å². The molecule has 1 aliphatic carbocycles. The first-order chi connectivity index (χ1) is 16.3. The van der Waals surface area contributed by atoms with Gasteiger partial charge in [-0.3, -0.25) is 4.90 Å². The van der Waals surface area contributed by atoms with Crippen LogP contribution < -0.4 is 0 Å². The number of rotatable bonds is 8. The van der Waals surface area contributed by atoms with Crippen molar-refractivity contribution < 1.29 is 14.3 Å². The molecule has 2 heterocycles. The molecule has 1 fully saturated rings. The van der Waals surface area contributed by atoms with Crippen molar-refractivity contribution in [3.8, 4) is 11.1 Å². The molecule has 4 nitrogen and oxygen atoms in total. The van der Waals surface area contributed by atoms with E-state index in [1.807, 2.05) is 11.0 Å². The number of hydrogen-bond acceptors (Lipinski definition) is 3. The molecule has 33 heavy (non-hydrogen) atoms. The van der Waals surface area contributed by atoms with Crippen molar-refractivity contribution in [1.82, 2.24) is 4.90 Å². The second kappa shape index (κ2) is 9.96. The van der Waals surface area contributed by atoms with Crippen LogP contribution in [0.15, 0.2) is 72.8 Å². The highest BCUT2D eigenvalue weighted by atomic mass is 16.6. The van der Waals surface area contributed by atoms with Gasteiger partial charge in [-0.25, -0.2) is 4.79 Å². The molecule has 172 valence electrons. The molecule has 2 aromatic carbocycles. The highest BCUT2D eigenvalue weighted by molar-refractivity contribution is 5.79. The smallest absolute Gasteiger partial charge is 0.410 e. The second-order valence-electron chi connectivity index (χ2n) is 9.39. The van der Waals surface area contributed by atoms with Crippen LogP contribution in [0.1, 0.15) is 55.6 Å². The minimum atomic E-state index is -0.212. The van der Waals surface area contributed by atoms with Crippen LogP contribution in [-0.2, 0) is 9.47 Å². The number of amides is 1. The molecule has 3 aliphatic rings. The lowest BCUT2D eigenvalue weighted by molar-refractivity contribution is -0.0365. The number of morpholine rings is 1. The first kappa shape index (κ1) is 22.0. The molecule has 2 aromatic rings. The molecular weight excluding hydrogens is 410 g/mol. The molecule has 0 saturated carbocycles. The fourth-order valence-electron chi connectivity index (χ4n) is 5.64. The predicted octanol–water partition coefficient (Wildman–Crippen LogP) is 6.47. The van der Waals surface area contributed by atoms with E-state index >= 15 is 0 Å². The number of carbonyl (C=O) groups excluding carboxylic acids is 1. The molecule has 2 atom stereocenters. The summed E-state index contributed by atoms with van der Waals surface area (Å²) in [5.41, 5.74) is 6.45. The van der Waals surface area contributed by atoms with Crippen LogP contribution in [-0.4, -0.2) is 42.9 Å². The van der Waals surface area contributed by atoms with Gasteiger partial charge in [-0.2, -0.15) is 0 Å². The first-order valence-corrected chi connectivity index (χ1v) is 12.3. The minimum Gasteiger partial charge on any atom is -0.448 e. The predicted molar refractivity (Wildman–Crippen MR) is 131 cm³/mol. The molecule has 0 spiro atoms. The second-order valence-corrected chi connectivity index (χ2v) is 9.39. The third-order valence-corrected chi connectivity index (χ3v) is 7.23. The van der Waals surface area contributed by atoms with Crippen molar-refractivity contribution in [3.63, 3.8) is 0 Å². The maximum atomic E-state index is 13.2. The fourth-order valence-corrected chi connectivity index (χ4v) is 5.64. The van der Waals surface area contributed by atoms with E-state index in [1.165, 1.54) is 47.1 Å². The molecule has 1 amide bonds. The number of nitrogens with zero attached hydrogens (tertiary/aromatic N) is 1. The van der Waals surface area contributed by atoms with Crippen molar-refractivity contribution in [3.05, 3.63) is 84.0 Å². The summed E-state index contributed by atoms with van der Waals surface area (Å²) in [4.78, 5) is 15.2. The van der Waals surface area contributed by atoms with Gasteiger partial charge < -0.3 is 9.47 Å². The third kappa shape index (κ3) is 4.49. The van der Waals surface area contributed by atoms with Crippen molar-refractivity contribution >= 4 is 6.09 Å². The van der Waals surface area contributed by atoms with Gasteiger partial charge in [0.15, 0.2) is 0 Å². The van der Waals surface area contributed by atoms with Gasteiger partial charge in [0.25, 0.3) is 0 Å². The summed E-state index contributed by atoms with van der Waals surface area (Å²) in [7, 11) is 0. The molecule has 2 aliphatic heterocycles. The molecule has 0 radical (unpaired) electrons. The Kier molecular flexibility index (Phi) is 6.63. The Hall–Kier alpha value is -2.85. The van der Waals surface area contributed by atoms with Crippen LogP contribution >= 0.6 is 0 Å². The van der Waals surface area contributed by atoms with E-state index in [-0.39, 0.29) is 24.1 Å². The Morgan fingerprint density at radius 2 is 1.76 bits per heavy atom. The highest BCUT2D eigenvalue weighted by Crippen LogP contribution is 2.44. The summed E-state index contributed by atoms with van der Waals surface area (Å²) in [5.74, 6) is 0.0869. The number of ether oxygens (including phenoxy) is 2. The van der Waals surface area contributed by atoms with Gasteiger partial charge in [0, 0.05) is 5.92 Å². The van der Waals surface area contributed by atoms with Crippen LogP contribution in [0.4, 0.5) is 4.79 Å². The number of hydrogen-bond donors (Lipinski definition) is 0. The van der Waals surface area contributed by atoms with E-state index in [0.29, 0.717) is 19.8 Å². The fraction of sp³-hybridized carbons (Fsp3) is 0.414. The minimum absolute atomic E-state index is 0.0173. The van der Waals surface area contributed by atoms with E-state index in [9.17, 15) is 4.79 Å². The van der Waals surface area contributed by atoms with Crippen molar-refractivity contribution in [2.24, 2.45) is 0 Å². The topological polar surface area (TPSA) is 38.8 Å². The van der Waals surface area contributed by atoms with E-state index in [4.69, 9.17) is 9.47 Å². The van der Waals surface area contributed by atoms with Gasteiger partial charge in [0.05, 0.1) is 25.3 Å². The summed E-state index contributed by atoms with van der Waals surface area (Å²) in [5, 5.41) is 0. The zero-order chi connectivity index (χ0) is 22.6. The monoisotopic (exact) mass is 443 g/mol. The standard InChI is InChI=1S/C29H33NO3/c1-2-3-4-5-6-11-21-16-22-18-32-19-23(17-21)30(22)29(31)33-20-28-26-14-9-7-12-24(26)25-13-8-10-15-27(25)28/h2,7-10,12-16,22-23,28H,1,3-6,11,17-20H2. The lowest BCUT2D eigenvalue weighted by atomic mass is 9.91. The molecule has 2 bridgehead atoms. The zero-order valence-corrected chi connectivity index (χ0v) is 19.2. The van der Waals surface area contributed by atoms with Gasteiger partial charge >= 0.3 is 6.09 Å². The highest BCUT2D eigenvalue weighted by Gasteiger charge is 2.39. The van der Waals surface area contributed by atoms with E-state index in [2.05, 4.69) is 61.2 Å². The Bertz CT molecular complexity index is 997. The molecular formula is C29H33NO3.